The lowest BCUT2D eigenvalue weighted by molar-refractivity contribution is 0.688. The number of nitrogens with two attached hydrogens (primary N) is 1. The Bertz CT molecular complexity index is 718. The van der Waals surface area contributed by atoms with Crippen molar-refractivity contribution in [1.29, 1.82) is 0 Å². The first-order valence-electron chi connectivity index (χ1n) is 6.93. The Morgan fingerprint density at radius 3 is 2.52 bits per heavy atom. The average molecular weight is 279 g/mol. The van der Waals surface area contributed by atoms with E-state index >= 15 is 0 Å². The van der Waals surface area contributed by atoms with E-state index in [1.807, 2.05) is 61.5 Å². The van der Waals surface area contributed by atoms with Crippen LogP contribution in [0.5, 0.6) is 0 Å². The summed E-state index contributed by atoms with van der Waals surface area (Å²) in [6.07, 6.45) is 0.776. The van der Waals surface area contributed by atoms with Crippen LogP contribution in [-0.2, 0) is 6.42 Å². The Hall–Kier alpha value is -2.53. The van der Waals surface area contributed by atoms with Gasteiger partial charge in [-0.1, -0.05) is 48.5 Å². The lowest BCUT2D eigenvalue weighted by Gasteiger charge is -2.09. The van der Waals surface area contributed by atoms with E-state index in [2.05, 4.69) is 15.4 Å². The second-order valence-electron chi connectivity index (χ2n) is 5.08. The van der Waals surface area contributed by atoms with E-state index in [-0.39, 0.29) is 6.04 Å². The van der Waals surface area contributed by atoms with Gasteiger partial charge in [0.25, 0.3) is 0 Å². The van der Waals surface area contributed by atoms with Crippen LogP contribution in [0.15, 0.2) is 54.6 Å². The fourth-order valence-corrected chi connectivity index (χ4v) is 2.24. The third-order valence-electron chi connectivity index (χ3n) is 3.19. The van der Waals surface area contributed by atoms with Gasteiger partial charge in [0.05, 0.1) is 5.69 Å². The molecule has 3 aromatic rings. The molecule has 0 amide bonds. The van der Waals surface area contributed by atoms with E-state index in [0.29, 0.717) is 5.82 Å². The molecule has 1 atom stereocenters. The fraction of sp³-hybridized carbons (Fsp3) is 0.188. The summed E-state index contributed by atoms with van der Waals surface area (Å²) in [7, 11) is 0. The molecule has 0 aliphatic heterocycles. The zero-order chi connectivity index (χ0) is 14.7. The second kappa shape index (κ2) is 5.85. The molecular weight excluding hydrogens is 262 g/mol. The van der Waals surface area contributed by atoms with Gasteiger partial charge in [-0.3, -0.25) is 0 Å². The quantitative estimate of drug-likeness (QED) is 0.795. The number of aromatic nitrogens is 4. The smallest absolute Gasteiger partial charge is 0.205 e. The topological polar surface area (TPSA) is 69.6 Å². The summed E-state index contributed by atoms with van der Waals surface area (Å²) in [4.78, 5) is 1.57. The Morgan fingerprint density at radius 1 is 1.05 bits per heavy atom. The molecule has 5 nitrogen and oxygen atoms in total. The van der Waals surface area contributed by atoms with Gasteiger partial charge in [-0.15, -0.1) is 15.0 Å². The van der Waals surface area contributed by atoms with Crippen molar-refractivity contribution in [2.24, 2.45) is 5.73 Å². The summed E-state index contributed by atoms with van der Waals surface area (Å²) in [5.41, 5.74) is 8.89. The lowest BCUT2D eigenvalue weighted by atomic mass is 10.1. The highest BCUT2D eigenvalue weighted by Crippen LogP contribution is 2.17. The average Bonchev–Trinajstić information content (AvgIpc) is 2.98. The number of rotatable bonds is 4. The molecule has 0 saturated heterocycles. The molecule has 3 rings (SSSR count). The van der Waals surface area contributed by atoms with Crippen molar-refractivity contribution >= 4 is 0 Å². The van der Waals surface area contributed by atoms with Crippen molar-refractivity contribution in [3.8, 4) is 17.1 Å². The van der Waals surface area contributed by atoms with Gasteiger partial charge in [-0.2, -0.15) is 0 Å². The molecule has 0 radical (unpaired) electrons. The van der Waals surface area contributed by atoms with Gasteiger partial charge < -0.3 is 5.73 Å². The van der Waals surface area contributed by atoms with Crippen LogP contribution in [0.25, 0.3) is 17.1 Å². The third kappa shape index (κ3) is 2.98. The van der Waals surface area contributed by atoms with E-state index in [1.54, 1.807) is 4.80 Å². The van der Waals surface area contributed by atoms with E-state index in [1.165, 1.54) is 0 Å². The number of hydrogen-bond acceptors (Lipinski definition) is 4. The predicted octanol–water partition coefficient (Wildman–Crippen LogP) is 2.22. The van der Waals surface area contributed by atoms with Crippen molar-refractivity contribution < 1.29 is 0 Å². The van der Waals surface area contributed by atoms with Crippen LogP contribution < -0.4 is 5.73 Å². The molecule has 0 aliphatic carbocycles. The second-order valence-corrected chi connectivity index (χ2v) is 5.08. The van der Waals surface area contributed by atoms with Crippen LogP contribution in [-0.4, -0.2) is 26.2 Å². The maximum absolute atomic E-state index is 5.90. The summed E-state index contributed by atoms with van der Waals surface area (Å²) in [5.74, 6) is 0.617. The number of para-hydroxylation sites is 1. The first-order chi connectivity index (χ1) is 10.2. The molecular formula is C16H17N5. The summed E-state index contributed by atoms with van der Waals surface area (Å²) in [5, 5.41) is 12.8. The van der Waals surface area contributed by atoms with Crippen LogP contribution in [0, 0.1) is 0 Å². The first-order valence-corrected chi connectivity index (χ1v) is 6.93. The molecule has 5 heteroatoms. The number of benzene rings is 2. The monoisotopic (exact) mass is 279 g/mol. The molecule has 0 aliphatic rings. The minimum absolute atomic E-state index is 0.0864. The Balaban J connectivity index is 1.97. The minimum Gasteiger partial charge on any atom is -0.328 e. The molecule has 1 unspecified atom stereocenters. The van der Waals surface area contributed by atoms with Crippen molar-refractivity contribution in [2.45, 2.75) is 19.4 Å². The summed E-state index contributed by atoms with van der Waals surface area (Å²) >= 11 is 0. The van der Waals surface area contributed by atoms with E-state index in [9.17, 15) is 0 Å². The van der Waals surface area contributed by atoms with Gasteiger partial charge in [-0.25, -0.2) is 0 Å². The summed E-state index contributed by atoms with van der Waals surface area (Å²) in [6.45, 7) is 1.99. The van der Waals surface area contributed by atoms with Crippen LogP contribution in [0.3, 0.4) is 0 Å². The van der Waals surface area contributed by atoms with Crippen LogP contribution in [0.1, 0.15) is 12.5 Å². The predicted molar refractivity (Wildman–Crippen MR) is 81.9 cm³/mol. The molecule has 21 heavy (non-hydrogen) atoms. The van der Waals surface area contributed by atoms with E-state index in [4.69, 9.17) is 5.73 Å². The zero-order valence-electron chi connectivity index (χ0n) is 11.8. The number of hydrogen-bond donors (Lipinski definition) is 1. The molecule has 0 spiro atoms. The molecule has 1 heterocycles. The Labute approximate surface area is 123 Å². The third-order valence-corrected chi connectivity index (χ3v) is 3.19. The fourth-order valence-electron chi connectivity index (χ4n) is 2.24. The first kappa shape index (κ1) is 13.5. The molecule has 2 N–H and O–H groups in total. The van der Waals surface area contributed by atoms with Crippen molar-refractivity contribution in [1.82, 2.24) is 20.2 Å². The van der Waals surface area contributed by atoms with Crippen LogP contribution >= 0.6 is 0 Å². The Kier molecular flexibility index (Phi) is 3.75. The van der Waals surface area contributed by atoms with Crippen molar-refractivity contribution in [3.05, 3.63) is 60.2 Å². The minimum atomic E-state index is 0.0864. The number of tetrazole rings is 1. The Morgan fingerprint density at radius 2 is 1.76 bits per heavy atom. The molecule has 2 aromatic carbocycles. The maximum Gasteiger partial charge on any atom is 0.205 e. The SMILES string of the molecule is CC(N)Cc1ccccc1-n1nnc(-c2ccccc2)n1. The highest BCUT2D eigenvalue weighted by molar-refractivity contribution is 5.53. The van der Waals surface area contributed by atoms with Gasteiger partial charge >= 0.3 is 0 Å². The zero-order valence-corrected chi connectivity index (χ0v) is 11.8. The standard InChI is InChI=1S/C16H17N5/c1-12(17)11-14-9-5-6-10-15(14)21-19-16(18-20-21)13-7-3-2-4-8-13/h2-10,12H,11,17H2,1H3. The molecule has 0 fully saturated rings. The summed E-state index contributed by atoms with van der Waals surface area (Å²) in [6, 6.07) is 17.9. The normalized spacial score (nSPS) is 12.3. The van der Waals surface area contributed by atoms with Gasteiger partial charge in [0, 0.05) is 11.6 Å². The molecule has 0 bridgehead atoms. The largest absolute Gasteiger partial charge is 0.328 e. The molecule has 0 saturated carbocycles. The summed E-state index contributed by atoms with van der Waals surface area (Å²) < 4.78 is 0. The van der Waals surface area contributed by atoms with Crippen LogP contribution in [0.4, 0.5) is 0 Å². The molecule has 1 aromatic heterocycles. The number of nitrogens with zero attached hydrogens (tertiary/aromatic N) is 4. The maximum atomic E-state index is 5.90. The van der Waals surface area contributed by atoms with Crippen molar-refractivity contribution in [3.63, 3.8) is 0 Å². The lowest BCUT2D eigenvalue weighted by Crippen LogP contribution is -2.19. The van der Waals surface area contributed by atoms with Gasteiger partial charge in [-0.05, 0) is 30.2 Å². The van der Waals surface area contributed by atoms with E-state index < -0.39 is 0 Å². The van der Waals surface area contributed by atoms with Gasteiger partial charge in [0.15, 0.2) is 0 Å². The van der Waals surface area contributed by atoms with Crippen molar-refractivity contribution in [2.75, 3.05) is 0 Å². The highest BCUT2D eigenvalue weighted by Gasteiger charge is 2.11. The van der Waals surface area contributed by atoms with Crippen LogP contribution in [0.2, 0.25) is 0 Å². The van der Waals surface area contributed by atoms with Gasteiger partial charge in [0.1, 0.15) is 0 Å². The van der Waals surface area contributed by atoms with E-state index in [0.717, 1.165) is 23.2 Å². The molecule has 106 valence electrons. The van der Waals surface area contributed by atoms with Gasteiger partial charge in [0.2, 0.25) is 5.82 Å². The highest BCUT2D eigenvalue weighted by atomic mass is 15.6.